The number of carbonyl (C=O) groups is 1. The summed E-state index contributed by atoms with van der Waals surface area (Å²) in [6.07, 6.45) is 3.97. The van der Waals surface area contributed by atoms with Crippen LogP contribution < -0.4 is 4.74 Å². The highest BCUT2D eigenvalue weighted by Crippen LogP contribution is 2.42. The Bertz CT molecular complexity index is 461. The molecule has 4 nitrogen and oxygen atoms in total. The van der Waals surface area contributed by atoms with Gasteiger partial charge in [-0.25, -0.2) is 0 Å². The second-order valence-corrected chi connectivity index (χ2v) is 5.87. The predicted octanol–water partition coefficient (Wildman–Crippen LogP) is 2.16. The lowest BCUT2D eigenvalue weighted by atomic mass is 9.71. The third-order valence-electron chi connectivity index (χ3n) is 4.14. The van der Waals surface area contributed by atoms with Crippen LogP contribution in [0.15, 0.2) is 24.3 Å². The minimum atomic E-state index is -0.829. The monoisotopic (exact) mass is 277 g/mol. The maximum Gasteiger partial charge on any atom is 0.298 e. The molecule has 1 aromatic carbocycles. The van der Waals surface area contributed by atoms with Gasteiger partial charge in [-0.1, -0.05) is 25.0 Å². The van der Waals surface area contributed by atoms with Crippen LogP contribution in [0, 0.1) is 5.92 Å². The third kappa shape index (κ3) is 3.19. The van der Waals surface area contributed by atoms with E-state index >= 15 is 0 Å². The standard InChI is InChI=1S/C16H23NO3/c1-17(2)11-14-6-3-4-9-16(14,19)13-7-5-8-15(10-13)20-12-18/h5,7-8,10,12,14,19H,3-4,6,9,11H2,1-2H3. The molecule has 20 heavy (non-hydrogen) atoms. The Kier molecular flexibility index (Phi) is 4.78. The number of aliphatic hydroxyl groups is 1. The summed E-state index contributed by atoms with van der Waals surface area (Å²) in [5.74, 6) is 0.692. The second-order valence-electron chi connectivity index (χ2n) is 5.87. The van der Waals surface area contributed by atoms with Crippen molar-refractivity contribution in [1.82, 2.24) is 4.90 Å². The van der Waals surface area contributed by atoms with E-state index in [1.54, 1.807) is 12.1 Å². The van der Waals surface area contributed by atoms with Gasteiger partial charge < -0.3 is 14.7 Å². The van der Waals surface area contributed by atoms with Crippen molar-refractivity contribution in [3.05, 3.63) is 29.8 Å². The lowest BCUT2D eigenvalue weighted by molar-refractivity contribution is -0.120. The van der Waals surface area contributed by atoms with E-state index in [4.69, 9.17) is 4.74 Å². The first-order valence-electron chi connectivity index (χ1n) is 7.14. The van der Waals surface area contributed by atoms with Crippen molar-refractivity contribution in [2.45, 2.75) is 31.3 Å². The van der Waals surface area contributed by atoms with E-state index in [0.29, 0.717) is 12.2 Å². The minimum absolute atomic E-state index is 0.206. The van der Waals surface area contributed by atoms with Gasteiger partial charge in [0.2, 0.25) is 0 Å². The fraction of sp³-hybridized carbons (Fsp3) is 0.562. The van der Waals surface area contributed by atoms with Gasteiger partial charge in [-0.2, -0.15) is 0 Å². The topological polar surface area (TPSA) is 49.8 Å². The van der Waals surface area contributed by atoms with E-state index in [2.05, 4.69) is 4.90 Å². The average molecular weight is 277 g/mol. The molecule has 0 bridgehead atoms. The summed E-state index contributed by atoms with van der Waals surface area (Å²) >= 11 is 0. The molecule has 0 saturated heterocycles. The molecule has 2 unspecified atom stereocenters. The molecule has 1 aromatic rings. The van der Waals surface area contributed by atoms with E-state index in [1.165, 1.54) is 0 Å². The number of ether oxygens (including phenoxy) is 1. The smallest absolute Gasteiger partial charge is 0.298 e. The summed E-state index contributed by atoms with van der Waals surface area (Å²) < 4.78 is 4.90. The van der Waals surface area contributed by atoms with Crippen molar-refractivity contribution in [3.63, 3.8) is 0 Å². The molecule has 0 radical (unpaired) electrons. The largest absolute Gasteiger partial charge is 0.429 e. The van der Waals surface area contributed by atoms with E-state index in [-0.39, 0.29) is 5.92 Å². The maximum absolute atomic E-state index is 11.2. The average Bonchev–Trinajstić information content (AvgIpc) is 2.42. The molecule has 0 aliphatic heterocycles. The first-order valence-corrected chi connectivity index (χ1v) is 7.14. The van der Waals surface area contributed by atoms with Gasteiger partial charge in [-0.05, 0) is 44.6 Å². The van der Waals surface area contributed by atoms with Crippen molar-refractivity contribution < 1.29 is 14.6 Å². The molecule has 2 rings (SSSR count). The zero-order valence-corrected chi connectivity index (χ0v) is 12.2. The highest BCUT2D eigenvalue weighted by atomic mass is 16.5. The summed E-state index contributed by atoms with van der Waals surface area (Å²) in [4.78, 5) is 12.6. The molecule has 1 aliphatic rings. The van der Waals surface area contributed by atoms with Crippen LogP contribution in [0.2, 0.25) is 0 Å². The fourth-order valence-corrected chi connectivity index (χ4v) is 3.19. The lowest BCUT2D eigenvalue weighted by Gasteiger charge is -2.41. The van der Waals surface area contributed by atoms with Crippen LogP contribution in [0.1, 0.15) is 31.2 Å². The van der Waals surface area contributed by atoms with Crippen LogP contribution in [0.3, 0.4) is 0 Å². The summed E-state index contributed by atoms with van der Waals surface area (Å²) in [6, 6.07) is 7.26. The van der Waals surface area contributed by atoms with Crippen LogP contribution in [-0.4, -0.2) is 37.1 Å². The Morgan fingerprint density at radius 2 is 2.25 bits per heavy atom. The molecular weight excluding hydrogens is 254 g/mol. The van der Waals surface area contributed by atoms with E-state index in [1.807, 2.05) is 26.2 Å². The van der Waals surface area contributed by atoms with Gasteiger partial charge in [0, 0.05) is 12.5 Å². The van der Waals surface area contributed by atoms with Gasteiger partial charge in [0.25, 0.3) is 6.47 Å². The molecule has 2 atom stereocenters. The van der Waals surface area contributed by atoms with Crippen molar-refractivity contribution in [2.24, 2.45) is 5.92 Å². The van der Waals surface area contributed by atoms with Gasteiger partial charge in [0.05, 0.1) is 5.60 Å². The van der Waals surface area contributed by atoms with E-state index < -0.39 is 5.60 Å². The highest BCUT2D eigenvalue weighted by molar-refractivity contribution is 5.46. The van der Waals surface area contributed by atoms with Crippen molar-refractivity contribution >= 4 is 6.47 Å². The van der Waals surface area contributed by atoms with Crippen molar-refractivity contribution in [2.75, 3.05) is 20.6 Å². The number of rotatable bonds is 5. The van der Waals surface area contributed by atoms with Gasteiger partial charge >= 0.3 is 0 Å². The van der Waals surface area contributed by atoms with Crippen LogP contribution >= 0.6 is 0 Å². The SMILES string of the molecule is CN(C)CC1CCCCC1(O)c1cccc(OC=O)c1. The van der Waals surface area contributed by atoms with Crippen LogP contribution in [-0.2, 0) is 10.4 Å². The fourth-order valence-electron chi connectivity index (χ4n) is 3.19. The van der Waals surface area contributed by atoms with Gasteiger partial charge in [0.15, 0.2) is 0 Å². The normalized spacial score (nSPS) is 26.5. The number of carbonyl (C=O) groups excluding carboxylic acids is 1. The zero-order valence-electron chi connectivity index (χ0n) is 12.2. The number of nitrogens with zero attached hydrogens (tertiary/aromatic N) is 1. The Labute approximate surface area is 120 Å². The Morgan fingerprint density at radius 1 is 1.45 bits per heavy atom. The molecule has 4 heteroatoms. The van der Waals surface area contributed by atoms with Crippen LogP contribution in [0.4, 0.5) is 0 Å². The zero-order chi connectivity index (χ0) is 14.6. The summed E-state index contributed by atoms with van der Waals surface area (Å²) in [5, 5.41) is 11.2. The Balaban J connectivity index is 2.29. The summed E-state index contributed by atoms with van der Waals surface area (Å²) in [6.45, 7) is 1.27. The maximum atomic E-state index is 11.2. The molecule has 0 spiro atoms. The third-order valence-corrected chi connectivity index (χ3v) is 4.14. The first-order chi connectivity index (χ1) is 9.56. The molecule has 0 amide bonds. The Morgan fingerprint density at radius 3 is 2.95 bits per heavy atom. The summed E-state index contributed by atoms with van der Waals surface area (Å²) in [5.41, 5.74) is 0.0218. The molecular formula is C16H23NO3. The molecule has 0 heterocycles. The molecule has 0 aromatic heterocycles. The van der Waals surface area contributed by atoms with Gasteiger partial charge in [-0.3, -0.25) is 4.79 Å². The predicted molar refractivity (Wildman–Crippen MR) is 77.5 cm³/mol. The number of hydrogen-bond donors (Lipinski definition) is 1. The van der Waals surface area contributed by atoms with E-state index in [0.717, 1.165) is 37.8 Å². The quantitative estimate of drug-likeness (QED) is 0.838. The highest BCUT2D eigenvalue weighted by Gasteiger charge is 2.40. The van der Waals surface area contributed by atoms with Crippen molar-refractivity contribution in [1.29, 1.82) is 0 Å². The molecule has 1 saturated carbocycles. The van der Waals surface area contributed by atoms with Crippen molar-refractivity contribution in [3.8, 4) is 5.75 Å². The number of hydrogen-bond acceptors (Lipinski definition) is 4. The number of benzene rings is 1. The molecule has 1 fully saturated rings. The summed E-state index contributed by atoms with van der Waals surface area (Å²) in [7, 11) is 4.06. The Hall–Kier alpha value is -1.39. The van der Waals surface area contributed by atoms with Crippen LogP contribution in [0.5, 0.6) is 5.75 Å². The minimum Gasteiger partial charge on any atom is -0.429 e. The van der Waals surface area contributed by atoms with Gasteiger partial charge in [0.1, 0.15) is 5.75 Å². The van der Waals surface area contributed by atoms with E-state index in [9.17, 15) is 9.90 Å². The second kappa shape index (κ2) is 6.37. The van der Waals surface area contributed by atoms with Crippen LogP contribution in [0.25, 0.3) is 0 Å². The molecule has 1 aliphatic carbocycles. The lowest BCUT2D eigenvalue weighted by Crippen LogP contribution is -2.43. The molecule has 110 valence electrons. The first kappa shape index (κ1) is 15.0. The van der Waals surface area contributed by atoms with Gasteiger partial charge in [-0.15, -0.1) is 0 Å². The molecule has 1 N–H and O–H groups in total.